The first-order valence-corrected chi connectivity index (χ1v) is 4.57. The fourth-order valence-corrected chi connectivity index (χ4v) is 1.58. The molecule has 1 aromatic heterocycles. The van der Waals surface area contributed by atoms with E-state index in [9.17, 15) is 0 Å². The molecule has 0 saturated heterocycles. The van der Waals surface area contributed by atoms with Crippen molar-refractivity contribution in [1.29, 1.82) is 10.5 Å². The van der Waals surface area contributed by atoms with Crippen LogP contribution in [0.15, 0.2) is 12.3 Å². The van der Waals surface area contributed by atoms with Crippen molar-refractivity contribution in [2.45, 2.75) is 18.3 Å². The van der Waals surface area contributed by atoms with Crippen LogP contribution in [0.2, 0.25) is 5.02 Å². The molecule has 0 spiro atoms. The van der Waals surface area contributed by atoms with E-state index >= 15 is 0 Å². The second-order valence-electron chi connectivity index (χ2n) is 3.36. The molecule has 0 radical (unpaired) electrons. The monoisotopic (exact) mass is 203 g/mol. The molecule has 1 aliphatic rings. The molecule has 1 saturated carbocycles. The van der Waals surface area contributed by atoms with Gasteiger partial charge in [-0.25, -0.2) is 4.98 Å². The molecular formula is C10H6ClN3. The molecule has 0 aromatic carbocycles. The van der Waals surface area contributed by atoms with Gasteiger partial charge >= 0.3 is 0 Å². The molecule has 0 atom stereocenters. The summed E-state index contributed by atoms with van der Waals surface area (Å²) < 4.78 is 0. The van der Waals surface area contributed by atoms with Crippen LogP contribution in [-0.2, 0) is 5.41 Å². The van der Waals surface area contributed by atoms with E-state index in [4.69, 9.17) is 22.1 Å². The topological polar surface area (TPSA) is 60.5 Å². The second-order valence-corrected chi connectivity index (χ2v) is 3.77. The summed E-state index contributed by atoms with van der Waals surface area (Å²) in [6.45, 7) is 0. The van der Waals surface area contributed by atoms with Gasteiger partial charge in [-0.3, -0.25) is 0 Å². The van der Waals surface area contributed by atoms with E-state index in [0.29, 0.717) is 5.02 Å². The minimum atomic E-state index is -0.384. The fraction of sp³-hybridized carbons (Fsp3) is 0.300. The average molecular weight is 204 g/mol. The average Bonchev–Trinajstić information content (AvgIpc) is 2.98. The van der Waals surface area contributed by atoms with Gasteiger partial charge in [0, 0.05) is 6.20 Å². The fourth-order valence-electron chi connectivity index (χ4n) is 1.37. The Balaban J connectivity index is 2.46. The van der Waals surface area contributed by atoms with Crippen molar-refractivity contribution in [2.24, 2.45) is 0 Å². The minimum absolute atomic E-state index is 0.212. The van der Waals surface area contributed by atoms with E-state index in [-0.39, 0.29) is 11.1 Å². The zero-order chi connectivity index (χ0) is 10.2. The summed E-state index contributed by atoms with van der Waals surface area (Å²) in [5.74, 6) is 0. The zero-order valence-electron chi connectivity index (χ0n) is 7.29. The quantitative estimate of drug-likeness (QED) is 0.703. The van der Waals surface area contributed by atoms with E-state index in [0.717, 1.165) is 18.4 Å². The number of hydrogen-bond donors (Lipinski definition) is 0. The molecule has 0 unspecified atom stereocenters. The molecule has 4 heteroatoms. The number of halogens is 1. The summed E-state index contributed by atoms with van der Waals surface area (Å²) in [5, 5.41) is 17.9. The standard InChI is InChI=1S/C10H6ClN3/c11-8-3-7(5-14-9(8)4-12)10(6-13)1-2-10/h3,5H,1-2H2. The predicted octanol–water partition coefficient (Wildman–Crippen LogP) is 2.16. The van der Waals surface area contributed by atoms with Gasteiger partial charge in [-0.1, -0.05) is 11.6 Å². The summed E-state index contributed by atoms with van der Waals surface area (Å²) in [6, 6.07) is 5.81. The van der Waals surface area contributed by atoms with Crippen molar-refractivity contribution >= 4 is 11.6 Å². The molecule has 68 valence electrons. The first-order chi connectivity index (χ1) is 6.72. The number of hydrogen-bond acceptors (Lipinski definition) is 3. The van der Waals surface area contributed by atoms with Crippen LogP contribution in [-0.4, -0.2) is 4.98 Å². The number of rotatable bonds is 1. The van der Waals surface area contributed by atoms with Gasteiger partial charge < -0.3 is 0 Å². The van der Waals surface area contributed by atoms with Crippen molar-refractivity contribution in [3.05, 3.63) is 28.5 Å². The van der Waals surface area contributed by atoms with Gasteiger partial charge in [0.1, 0.15) is 6.07 Å². The third-order valence-corrected chi connectivity index (χ3v) is 2.75. The maximum Gasteiger partial charge on any atom is 0.159 e. The lowest BCUT2D eigenvalue weighted by Crippen LogP contribution is -2.03. The number of nitriles is 2. The third-order valence-electron chi connectivity index (χ3n) is 2.46. The van der Waals surface area contributed by atoms with Gasteiger partial charge in [0.05, 0.1) is 16.5 Å². The molecule has 1 heterocycles. The summed E-state index contributed by atoms with van der Waals surface area (Å²) in [7, 11) is 0. The van der Waals surface area contributed by atoms with Crippen LogP contribution in [0.1, 0.15) is 24.1 Å². The lowest BCUT2D eigenvalue weighted by Gasteiger charge is -2.05. The Morgan fingerprint density at radius 3 is 2.57 bits per heavy atom. The number of pyridine rings is 1. The molecule has 1 aliphatic carbocycles. The van der Waals surface area contributed by atoms with Gasteiger partial charge in [0.25, 0.3) is 0 Å². The molecule has 0 bridgehead atoms. The Morgan fingerprint density at radius 2 is 2.14 bits per heavy atom. The molecule has 1 fully saturated rings. The third kappa shape index (κ3) is 1.23. The highest BCUT2D eigenvalue weighted by molar-refractivity contribution is 6.31. The van der Waals surface area contributed by atoms with Gasteiger partial charge in [0.15, 0.2) is 5.69 Å². The predicted molar refractivity (Wildman–Crippen MR) is 50.5 cm³/mol. The van der Waals surface area contributed by atoms with Crippen molar-refractivity contribution in [3.8, 4) is 12.1 Å². The van der Waals surface area contributed by atoms with E-state index in [1.165, 1.54) is 0 Å². The van der Waals surface area contributed by atoms with Crippen molar-refractivity contribution < 1.29 is 0 Å². The van der Waals surface area contributed by atoms with Crippen LogP contribution >= 0.6 is 11.6 Å². The molecule has 0 N–H and O–H groups in total. The zero-order valence-corrected chi connectivity index (χ0v) is 8.04. The Kier molecular flexibility index (Phi) is 1.91. The molecule has 3 nitrogen and oxygen atoms in total. The molecule has 0 amide bonds. The summed E-state index contributed by atoms with van der Waals surface area (Å²) >= 11 is 5.83. The second kappa shape index (κ2) is 2.97. The SMILES string of the molecule is N#Cc1ncc(C2(C#N)CC2)cc1Cl. The Morgan fingerprint density at radius 1 is 1.43 bits per heavy atom. The molecule has 14 heavy (non-hydrogen) atoms. The maximum atomic E-state index is 8.94. The molecular weight excluding hydrogens is 198 g/mol. The maximum absolute atomic E-state index is 8.94. The van der Waals surface area contributed by atoms with E-state index in [1.54, 1.807) is 12.3 Å². The Hall–Kier alpha value is -1.58. The normalized spacial score (nSPS) is 16.8. The van der Waals surface area contributed by atoms with Crippen LogP contribution in [0.25, 0.3) is 0 Å². The van der Waals surface area contributed by atoms with Gasteiger partial charge in [-0.05, 0) is 24.5 Å². The van der Waals surface area contributed by atoms with Crippen LogP contribution in [0.4, 0.5) is 0 Å². The van der Waals surface area contributed by atoms with Crippen LogP contribution in [0, 0.1) is 22.7 Å². The number of aromatic nitrogens is 1. The van der Waals surface area contributed by atoms with Crippen LogP contribution < -0.4 is 0 Å². The first-order valence-electron chi connectivity index (χ1n) is 4.19. The molecule has 0 aliphatic heterocycles. The first kappa shape index (κ1) is 8.99. The highest BCUT2D eigenvalue weighted by atomic mass is 35.5. The summed E-state index contributed by atoms with van der Waals surface area (Å²) in [4.78, 5) is 3.91. The van der Waals surface area contributed by atoms with Gasteiger partial charge in [0.2, 0.25) is 0 Å². The lowest BCUT2D eigenvalue weighted by molar-refractivity contribution is 0.895. The van der Waals surface area contributed by atoms with Crippen molar-refractivity contribution in [3.63, 3.8) is 0 Å². The van der Waals surface area contributed by atoms with Crippen LogP contribution in [0.5, 0.6) is 0 Å². The highest BCUT2D eigenvalue weighted by Gasteiger charge is 2.45. The Bertz CT molecular complexity index is 463. The summed E-state index contributed by atoms with van der Waals surface area (Å²) in [6.07, 6.45) is 3.28. The largest absolute Gasteiger partial charge is 0.244 e. The van der Waals surface area contributed by atoms with Crippen LogP contribution in [0.3, 0.4) is 0 Å². The Labute approximate surface area is 86.6 Å². The highest BCUT2D eigenvalue weighted by Crippen LogP contribution is 2.47. The van der Waals surface area contributed by atoms with Crippen molar-refractivity contribution in [2.75, 3.05) is 0 Å². The van der Waals surface area contributed by atoms with Gasteiger partial charge in [-0.15, -0.1) is 0 Å². The molecule has 1 aromatic rings. The minimum Gasteiger partial charge on any atom is -0.244 e. The van der Waals surface area contributed by atoms with E-state index in [1.807, 2.05) is 6.07 Å². The summed E-state index contributed by atoms with van der Waals surface area (Å²) in [5.41, 5.74) is 0.651. The van der Waals surface area contributed by atoms with E-state index in [2.05, 4.69) is 11.1 Å². The van der Waals surface area contributed by atoms with Crippen molar-refractivity contribution in [1.82, 2.24) is 4.98 Å². The smallest absolute Gasteiger partial charge is 0.159 e. The van der Waals surface area contributed by atoms with Gasteiger partial charge in [-0.2, -0.15) is 10.5 Å². The van der Waals surface area contributed by atoms with E-state index < -0.39 is 0 Å². The lowest BCUT2D eigenvalue weighted by atomic mass is 10.00. The number of nitrogens with zero attached hydrogens (tertiary/aromatic N) is 3. The molecule has 2 rings (SSSR count).